The van der Waals surface area contributed by atoms with Crippen LogP contribution in [0.1, 0.15) is 17.0 Å². The van der Waals surface area contributed by atoms with Crippen LogP contribution in [0.5, 0.6) is 11.5 Å². The first-order valence-corrected chi connectivity index (χ1v) is 7.74. The molecule has 116 valence electrons. The molecule has 3 rings (SSSR count). The molecule has 0 fully saturated rings. The molecule has 0 radical (unpaired) electrons. The van der Waals surface area contributed by atoms with Crippen LogP contribution in [0.3, 0.4) is 0 Å². The highest BCUT2D eigenvalue weighted by Crippen LogP contribution is 2.32. The first kappa shape index (κ1) is 14.6. The van der Waals surface area contributed by atoms with Crippen molar-refractivity contribution in [2.45, 2.75) is 19.9 Å². The van der Waals surface area contributed by atoms with Crippen molar-refractivity contribution in [2.24, 2.45) is 10.7 Å². The van der Waals surface area contributed by atoms with E-state index in [1.807, 2.05) is 25.1 Å². The van der Waals surface area contributed by atoms with Crippen LogP contribution in [0.2, 0.25) is 0 Å². The molecule has 2 heterocycles. The van der Waals surface area contributed by atoms with E-state index < -0.39 is 0 Å². The summed E-state index contributed by atoms with van der Waals surface area (Å²) in [4.78, 5) is 5.30. The third-order valence-electron chi connectivity index (χ3n) is 3.16. The van der Waals surface area contributed by atoms with Crippen LogP contribution in [-0.2, 0) is 6.54 Å². The zero-order valence-corrected chi connectivity index (χ0v) is 13.0. The Balaban J connectivity index is 1.67. The Morgan fingerprint density at radius 2 is 2.18 bits per heavy atom. The Labute approximate surface area is 132 Å². The third kappa shape index (κ3) is 3.45. The summed E-state index contributed by atoms with van der Waals surface area (Å²) in [7, 11) is 0. The number of hydrogen-bond acceptors (Lipinski definition) is 6. The SMILES string of the molecule is Cc1nnsc1CN=C(N)Nc1ccc2c(c1)OCCCO2. The van der Waals surface area contributed by atoms with Crippen molar-refractivity contribution in [2.75, 3.05) is 18.5 Å². The van der Waals surface area contributed by atoms with Gasteiger partial charge in [0.1, 0.15) is 0 Å². The number of nitrogens with zero attached hydrogens (tertiary/aromatic N) is 3. The zero-order valence-electron chi connectivity index (χ0n) is 12.2. The minimum Gasteiger partial charge on any atom is -0.490 e. The molecule has 0 bridgehead atoms. The zero-order chi connectivity index (χ0) is 15.4. The van der Waals surface area contributed by atoms with Crippen molar-refractivity contribution in [1.29, 1.82) is 0 Å². The molecule has 1 aliphatic rings. The molecule has 0 spiro atoms. The van der Waals surface area contributed by atoms with Crippen LogP contribution in [0.4, 0.5) is 5.69 Å². The summed E-state index contributed by atoms with van der Waals surface area (Å²) in [6, 6.07) is 5.62. The summed E-state index contributed by atoms with van der Waals surface area (Å²) in [5.41, 5.74) is 7.61. The highest BCUT2D eigenvalue weighted by molar-refractivity contribution is 7.05. The monoisotopic (exact) mass is 319 g/mol. The molecule has 0 saturated carbocycles. The number of ether oxygens (including phenoxy) is 2. The number of aryl methyl sites for hydroxylation is 1. The number of rotatable bonds is 3. The number of aromatic nitrogens is 2. The topological polar surface area (TPSA) is 94.7 Å². The molecule has 22 heavy (non-hydrogen) atoms. The number of aliphatic imine (C=N–C) groups is 1. The highest BCUT2D eigenvalue weighted by atomic mass is 32.1. The van der Waals surface area contributed by atoms with Gasteiger partial charge in [-0.25, -0.2) is 4.99 Å². The molecular formula is C14H17N5O2S. The van der Waals surface area contributed by atoms with Crippen LogP contribution < -0.4 is 20.5 Å². The first-order chi connectivity index (χ1) is 10.7. The summed E-state index contributed by atoms with van der Waals surface area (Å²) in [6.45, 7) is 3.69. The van der Waals surface area contributed by atoms with Gasteiger partial charge in [0.25, 0.3) is 0 Å². The van der Waals surface area contributed by atoms with E-state index in [1.165, 1.54) is 11.5 Å². The van der Waals surface area contributed by atoms with E-state index in [2.05, 4.69) is 19.9 Å². The van der Waals surface area contributed by atoms with Crippen molar-refractivity contribution in [3.05, 3.63) is 28.8 Å². The second-order valence-corrected chi connectivity index (χ2v) is 5.66. The van der Waals surface area contributed by atoms with Gasteiger partial charge >= 0.3 is 0 Å². The summed E-state index contributed by atoms with van der Waals surface area (Å²) < 4.78 is 15.1. The summed E-state index contributed by atoms with van der Waals surface area (Å²) in [5, 5.41) is 6.99. The second-order valence-electron chi connectivity index (χ2n) is 4.82. The maximum absolute atomic E-state index is 5.91. The minimum atomic E-state index is 0.335. The van der Waals surface area contributed by atoms with E-state index in [-0.39, 0.29) is 0 Å². The molecule has 0 atom stereocenters. The molecule has 1 aromatic carbocycles. The third-order valence-corrected chi connectivity index (χ3v) is 3.97. The van der Waals surface area contributed by atoms with E-state index in [0.717, 1.165) is 34.2 Å². The molecule has 0 saturated heterocycles. The summed E-state index contributed by atoms with van der Waals surface area (Å²) in [5.74, 6) is 1.81. The van der Waals surface area contributed by atoms with E-state index >= 15 is 0 Å². The van der Waals surface area contributed by atoms with E-state index in [4.69, 9.17) is 15.2 Å². The number of anilines is 1. The second kappa shape index (κ2) is 6.61. The predicted octanol–water partition coefficient (Wildman–Crippen LogP) is 1.93. The Hall–Kier alpha value is -2.35. The average Bonchev–Trinajstić information content (AvgIpc) is 2.78. The molecular weight excluding hydrogens is 302 g/mol. The predicted molar refractivity (Wildman–Crippen MR) is 85.6 cm³/mol. The van der Waals surface area contributed by atoms with Crippen molar-refractivity contribution in [3.63, 3.8) is 0 Å². The van der Waals surface area contributed by atoms with E-state index in [1.54, 1.807) is 0 Å². The van der Waals surface area contributed by atoms with Gasteiger partial charge in [0, 0.05) is 18.2 Å². The van der Waals surface area contributed by atoms with Crippen molar-refractivity contribution < 1.29 is 9.47 Å². The fourth-order valence-corrected chi connectivity index (χ4v) is 2.54. The Kier molecular flexibility index (Phi) is 4.38. The fraction of sp³-hybridized carbons (Fsp3) is 0.357. The molecule has 0 amide bonds. The Morgan fingerprint density at radius 3 is 2.95 bits per heavy atom. The molecule has 2 aromatic rings. The van der Waals surface area contributed by atoms with Crippen molar-refractivity contribution in [3.8, 4) is 11.5 Å². The quantitative estimate of drug-likeness (QED) is 0.663. The van der Waals surface area contributed by atoms with E-state index in [9.17, 15) is 0 Å². The number of fused-ring (bicyclic) bond motifs is 1. The lowest BCUT2D eigenvalue weighted by Crippen LogP contribution is -2.22. The number of nitrogens with one attached hydrogen (secondary N) is 1. The fourth-order valence-electron chi connectivity index (χ4n) is 1.98. The molecule has 3 N–H and O–H groups in total. The van der Waals surface area contributed by atoms with Gasteiger partial charge in [0.15, 0.2) is 17.5 Å². The van der Waals surface area contributed by atoms with Crippen LogP contribution in [-0.4, -0.2) is 28.8 Å². The maximum Gasteiger partial charge on any atom is 0.193 e. The Bertz CT molecular complexity index is 686. The minimum absolute atomic E-state index is 0.335. The van der Waals surface area contributed by atoms with Crippen molar-refractivity contribution >= 4 is 23.2 Å². The van der Waals surface area contributed by atoms with Gasteiger partial charge in [-0.1, -0.05) is 4.49 Å². The summed E-state index contributed by atoms with van der Waals surface area (Å²) >= 11 is 1.33. The smallest absolute Gasteiger partial charge is 0.193 e. The van der Waals surface area contributed by atoms with Gasteiger partial charge < -0.3 is 20.5 Å². The number of guanidine groups is 1. The standard InChI is InChI=1S/C14H17N5O2S/c1-9-13(22-19-18-9)8-16-14(15)17-10-3-4-11-12(7-10)21-6-2-5-20-11/h3-4,7H,2,5-6,8H2,1H3,(H3,15,16,17). The van der Waals surface area contributed by atoms with Crippen molar-refractivity contribution in [1.82, 2.24) is 9.59 Å². The van der Waals surface area contributed by atoms with Gasteiger partial charge in [-0.15, -0.1) is 5.10 Å². The van der Waals surface area contributed by atoms with Gasteiger partial charge in [-0.3, -0.25) is 0 Å². The number of hydrogen-bond donors (Lipinski definition) is 2. The van der Waals surface area contributed by atoms with E-state index in [0.29, 0.717) is 25.7 Å². The molecule has 8 heteroatoms. The highest BCUT2D eigenvalue weighted by Gasteiger charge is 2.11. The molecule has 7 nitrogen and oxygen atoms in total. The van der Waals surface area contributed by atoms with Crippen LogP contribution in [0.25, 0.3) is 0 Å². The van der Waals surface area contributed by atoms with Gasteiger partial charge in [-0.05, 0) is 30.6 Å². The molecule has 1 aliphatic heterocycles. The number of benzene rings is 1. The van der Waals surface area contributed by atoms with Crippen LogP contribution >= 0.6 is 11.5 Å². The average molecular weight is 319 g/mol. The number of nitrogens with two attached hydrogens (primary N) is 1. The molecule has 0 unspecified atom stereocenters. The molecule has 0 aliphatic carbocycles. The lowest BCUT2D eigenvalue weighted by atomic mass is 10.3. The maximum atomic E-state index is 5.91. The van der Waals surface area contributed by atoms with Gasteiger partial charge in [0.05, 0.1) is 30.3 Å². The van der Waals surface area contributed by atoms with Crippen LogP contribution in [0, 0.1) is 6.92 Å². The normalized spacial score (nSPS) is 14.5. The first-order valence-electron chi connectivity index (χ1n) is 6.97. The summed E-state index contributed by atoms with van der Waals surface area (Å²) in [6.07, 6.45) is 0.878. The van der Waals surface area contributed by atoms with Gasteiger partial charge in [0.2, 0.25) is 0 Å². The largest absolute Gasteiger partial charge is 0.490 e. The van der Waals surface area contributed by atoms with Gasteiger partial charge in [-0.2, -0.15) is 0 Å². The molecule has 1 aromatic heterocycles. The Morgan fingerprint density at radius 1 is 1.36 bits per heavy atom. The van der Waals surface area contributed by atoms with Crippen LogP contribution in [0.15, 0.2) is 23.2 Å². The lowest BCUT2D eigenvalue weighted by molar-refractivity contribution is 0.297. The lowest BCUT2D eigenvalue weighted by Gasteiger charge is -2.10.